The maximum absolute atomic E-state index is 13.6. The number of imidazole rings is 1. The van der Waals surface area contributed by atoms with E-state index in [9.17, 15) is 17.2 Å². The Balaban J connectivity index is 1.30. The molecule has 0 unspecified atom stereocenters. The van der Waals surface area contributed by atoms with Crippen molar-refractivity contribution in [2.45, 2.75) is 11.6 Å². The van der Waals surface area contributed by atoms with E-state index >= 15 is 0 Å². The van der Waals surface area contributed by atoms with Crippen LogP contribution < -0.4 is 0 Å². The van der Waals surface area contributed by atoms with E-state index < -0.39 is 21.7 Å². The Labute approximate surface area is 178 Å². The van der Waals surface area contributed by atoms with Crippen LogP contribution in [-0.4, -0.2) is 53.4 Å². The van der Waals surface area contributed by atoms with Crippen LogP contribution in [-0.2, 0) is 16.7 Å². The lowest BCUT2D eigenvalue weighted by molar-refractivity contribution is 0.154. The van der Waals surface area contributed by atoms with Gasteiger partial charge in [0.05, 0.1) is 28.9 Å². The quantitative estimate of drug-likeness (QED) is 0.486. The Bertz CT molecular complexity index is 1380. The molecule has 0 amide bonds. The molecule has 0 spiro atoms. The largest absolute Gasteiger partial charge is 0.317 e. The minimum absolute atomic E-state index is 0.290. The summed E-state index contributed by atoms with van der Waals surface area (Å²) >= 11 is 0. The second-order valence-corrected chi connectivity index (χ2v) is 9.58. The zero-order valence-electron chi connectivity index (χ0n) is 16.6. The summed E-state index contributed by atoms with van der Waals surface area (Å²) in [6, 6.07) is 15.1. The van der Waals surface area contributed by atoms with Gasteiger partial charge < -0.3 is 4.57 Å². The van der Waals surface area contributed by atoms with Crippen LogP contribution in [0.4, 0.5) is 8.78 Å². The molecule has 5 rings (SSSR count). The summed E-state index contributed by atoms with van der Waals surface area (Å²) in [5.41, 5.74) is 0.890. The molecule has 6 nitrogen and oxygen atoms in total. The number of halogens is 2. The van der Waals surface area contributed by atoms with Crippen molar-refractivity contribution in [1.82, 2.24) is 18.8 Å². The number of fused-ring (bicyclic) bond motifs is 2. The van der Waals surface area contributed by atoms with Crippen LogP contribution in [0, 0.1) is 11.6 Å². The van der Waals surface area contributed by atoms with Crippen molar-refractivity contribution in [3.63, 3.8) is 0 Å². The molecule has 1 aliphatic heterocycles. The Morgan fingerprint density at radius 2 is 1.58 bits per heavy atom. The van der Waals surface area contributed by atoms with E-state index in [2.05, 4.69) is 9.88 Å². The van der Waals surface area contributed by atoms with Crippen LogP contribution in [0.15, 0.2) is 65.8 Å². The molecule has 0 radical (unpaired) electrons. The van der Waals surface area contributed by atoms with Gasteiger partial charge >= 0.3 is 0 Å². The van der Waals surface area contributed by atoms with Gasteiger partial charge in [0.25, 0.3) is 0 Å². The lowest BCUT2D eigenvalue weighted by Gasteiger charge is -2.34. The molecule has 0 bridgehead atoms. The molecule has 0 aliphatic carbocycles. The fourth-order valence-electron chi connectivity index (χ4n) is 3.97. The van der Waals surface area contributed by atoms with E-state index in [1.54, 1.807) is 23.0 Å². The van der Waals surface area contributed by atoms with Crippen molar-refractivity contribution < 1.29 is 17.2 Å². The predicted molar refractivity (Wildman–Crippen MR) is 114 cm³/mol. The molecule has 4 aromatic rings. The predicted octanol–water partition coefficient (Wildman–Crippen LogP) is 3.43. The maximum atomic E-state index is 13.6. The standard InChI is InChI=1S/C22H20F2N4O2S/c23-19-12-21-22(13-20(19)24)27(14-25-21)15-26-7-9-28(10-8-26)31(29,30)18-6-5-16-3-1-2-4-17(16)11-18/h1-6,11-14H,7-10,15H2. The van der Waals surface area contributed by atoms with E-state index in [1.807, 2.05) is 30.3 Å². The monoisotopic (exact) mass is 442 g/mol. The van der Waals surface area contributed by atoms with E-state index in [0.717, 1.165) is 22.9 Å². The first-order valence-corrected chi connectivity index (χ1v) is 11.4. The Kier molecular flexibility index (Phi) is 4.96. The van der Waals surface area contributed by atoms with E-state index in [4.69, 9.17) is 0 Å². The van der Waals surface area contributed by atoms with Gasteiger partial charge in [0.1, 0.15) is 0 Å². The smallest absolute Gasteiger partial charge is 0.243 e. The van der Waals surface area contributed by atoms with Crippen LogP contribution in [0.1, 0.15) is 0 Å². The molecule has 9 heteroatoms. The van der Waals surface area contributed by atoms with Crippen molar-refractivity contribution in [2.24, 2.45) is 0 Å². The minimum atomic E-state index is -3.59. The van der Waals surface area contributed by atoms with Crippen LogP contribution in [0.3, 0.4) is 0 Å². The summed E-state index contributed by atoms with van der Waals surface area (Å²) in [5.74, 6) is -1.84. The summed E-state index contributed by atoms with van der Waals surface area (Å²) in [4.78, 5) is 6.48. The Morgan fingerprint density at radius 3 is 2.35 bits per heavy atom. The average molecular weight is 442 g/mol. The third kappa shape index (κ3) is 3.69. The minimum Gasteiger partial charge on any atom is -0.317 e. The highest BCUT2D eigenvalue weighted by molar-refractivity contribution is 7.89. The molecule has 0 atom stereocenters. The number of aromatic nitrogens is 2. The molecule has 1 aromatic heterocycles. The zero-order valence-corrected chi connectivity index (χ0v) is 17.4. The van der Waals surface area contributed by atoms with Crippen molar-refractivity contribution in [1.29, 1.82) is 0 Å². The molecule has 0 N–H and O–H groups in total. The van der Waals surface area contributed by atoms with E-state index in [1.165, 1.54) is 4.31 Å². The first-order valence-electron chi connectivity index (χ1n) is 9.93. The normalized spacial score (nSPS) is 16.3. The topological polar surface area (TPSA) is 58.4 Å². The van der Waals surface area contributed by atoms with Crippen LogP contribution in [0.5, 0.6) is 0 Å². The molecular weight excluding hydrogens is 422 g/mol. The molecule has 31 heavy (non-hydrogen) atoms. The van der Waals surface area contributed by atoms with Crippen molar-refractivity contribution >= 4 is 31.8 Å². The highest BCUT2D eigenvalue weighted by Crippen LogP contribution is 2.23. The summed E-state index contributed by atoms with van der Waals surface area (Å²) in [6.45, 7) is 2.17. The van der Waals surface area contributed by atoms with Gasteiger partial charge in [0.2, 0.25) is 10.0 Å². The van der Waals surface area contributed by atoms with Gasteiger partial charge in [-0.25, -0.2) is 22.2 Å². The van der Waals surface area contributed by atoms with Crippen molar-refractivity contribution in [3.05, 3.63) is 72.6 Å². The Morgan fingerprint density at radius 1 is 0.871 bits per heavy atom. The third-order valence-corrected chi connectivity index (χ3v) is 7.60. The van der Waals surface area contributed by atoms with E-state index in [-0.39, 0.29) is 4.90 Å². The molecule has 0 saturated carbocycles. The van der Waals surface area contributed by atoms with Gasteiger partial charge in [-0.15, -0.1) is 0 Å². The fraction of sp³-hybridized carbons (Fsp3) is 0.227. The number of hydrogen-bond acceptors (Lipinski definition) is 4. The van der Waals surface area contributed by atoms with Gasteiger partial charge in [-0.1, -0.05) is 30.3 Å². The maximum Gasteiger partial charge on any atom is 0.243 e. The first kappa shape index (κ1) is 20.0. The lowest BCUT2D eigenvalue weighted by Crippen LogP contribution is -2.48. The summed E-state index contributed by atoms with van der Waals surface area (Å²) < 4.78 is 56.5. The second-order valence-electron chi connectivity index (χ2n) is 7.64. The highest BCUT2D eigenvalue weighted by atomic mass is 32.2. The van der Waals surface area contributed by atoms with Crippen molar-refractivity contribution in [2.75, 3.05) is 26.2 Å². The van der Waals surface area contributed by atoms with Gasteiger partial charge in [-0.3, -0.25) is 4.90 Å². The molecule has 1 fully saturated rings. The summed E-state index contributed by atoms with van der Waals surface area (Å²) in [6.07, 6.45) is 1.54. The Hall–Kier alpha value is -2.88. The van der Waals surface area contributed by atoms with Crippen LogP contribution >= 0.6 is 0 Å². The van der Waals surface area contributed by atoms with Gasteiger partial charge in [0.15, 0.2) is 11.6 Å². The second kappa shape index (κ2) is 7.67. The summed E-state index contributed by atoms with van der Waals surface area (Å²) in [7, 11) is -3.59. The number of nitrogens with zero attached hydrogens (tertiary/aromatic N) is 4. The number of hydrogen-bond donors (Lipinski definition) is 0. The number of rotatable bonds is 4. The molecule has 3 aromatic carbocycles. The fourth-order valence-corrected chi connectivity index (χ4v) is 5.43. The van der Waals surface area contributed by atoms with Crippen molar-refractivity contribution in [3.8, 4) is 0 Å². The molecule has 2 heterocycles. The number of sulfonamides is 1. The first-order chi connectivity index (χ1) is 14.9. The van der Waals surface area contributed by atoms with Gasteiger partial charge in [0, 0.05) is 38.3 Å². The molecule has 1 aliphatic rings. The molecular formula is C22H20F2N4O2S. The van der Waals surface area contributed by atoms with Gasteiger partial charge in [-0.05, 0) is 22.9 Å². The van der Waals surface area contributed by atoms with Crippen LogP contribution in [0.2, 0.25) is 0 Å². The number of benzene rings is 3. The third-order valence-electron chi connectivity index (χ3n) is 5.71. The van der Waals surface area contributed by atoms with Gasteiger partial charge in [-0.2, -0.15) is 4.31 Å². The molecule has 160 valence electrons. The average Bonchev–Trinajstić information content (AvgIpc) is 3.15. The zero-order chi connectivity index (χ0) is 21.6. The van der Waals surface area contributed by atoms with Crippen LogP contribution in [0.25, 0.3) is 21.8 Å². The SMILES string of the molecule is O=S(=O)(c1ccc2ccccc2c1)N1CCN(Cn2cnc3cc(F)c(F)cc32)CC1. The summed E-state index contributed by atoms with van der Waals surface area (Å²) in [5, 5.41) is 1.88. The number of piperazine rings is 1. The molecule has 1 saturated heterocycles. The van der Waals surface area contributed by atoms with E-state index in [0.29, 0.717) is 43.9 Å². The highest BCUT2D eigenvalue weighted by Gasteiger charge is 2.28. The lowest BCUT2D eigenvalue weighted by atomic mass is 10.1.